The van der Waals surface area contributed by atoms with Crippen LogP contribution in [0.1, 0.15) is 6.23 Å². The second-order valence-electron chi connectivity index (χ2n) is 5.71. The molecule has 11 nitrogen and oxygen atoms in total. The lowest BCUT2D eigenvalue weighted by Crippen LogP contribution is -2.36. The molecule has 0 aliphatic carbocycles. The fraction of sp³-hybridized carbons (Fsp3) is 0.643. The molecule has 1 saturated heterocycles. The summed E-state index contributed by atoms with van der Waals surface area (Å²) < 4.78 is 18.1. The van der Waals surface area contributed by atoms with E-state index in [-0.39, 0.29) is 19.0 Å². The molecule has 5 N–H and O–H groups in total. The van der Waals surface area contributed by atoms with Crippen LogP contribution in [0.25, 0.3) is 11.2 Å². The van der Waals surface area contributed by atoms with Crippen LogP contribution in [-0.2, 0) is 14.2 Å². The van der Waals surface area contributed by atoms with E-state index in [0.717, 1.165) is 0 Å². The minimum atomic E-state index is -0.982. The Hall–Kier alpha value is -1.89. The van der Waals surface area contributed by atoms with Gasteiger partial charge in [0.05, 0.1) is 26.1 Å². The molecule has 0 spiro atoms. The molecule has 0 amide bonds. The molecule has 3 heterocycles. The number of hydrogen-bond acceptors (Lipinski definition) is 10. The molecule has 3 rings (SSSR count). The zero-order chi connectivity index (χ0) is 18.0. The van der Waals surface area contributed by atoms with E-state index in [1.165, 1.54) is 19.8 Å². The summed E-state index contributed by atoms with van der Waals surface area (Å²) in [6, 6.07) is 0. The standard InChI is InChI=1S/C14H21N5O6/c1-23-11-10(22)8(4-24-3-7(21)2-20)25-14(11)19-6-18-9-12(15)16-5-17-13(9)19/h5-8,10-11,14,20-22H,2-4H2,1H3,(H2,15,16,17)/t7?,8-,10-,11-,14-/m1/s1. The fourth-order valence-electron chi connectivity index (χ4n) is 2.76. The maximum atomic E-state index is 10.4. The number of rotatable bonds is 7. The maximum absolute atomic E-state index is 10.4. The van der Waals surface area contributed by atoms with Crippen molar-refractivity contribution in [2.75, 3.05) is 32.7 Å². The molecule has 1 unspecified atom stereocenters. The van der Waals surface area contributed by atoms with Gasteiger partial charge in [-0.25, -0.2) is 15.0 Å². The van der Waals surface area contributed by atoms with Gasteiger partial charge in [0.2, 0.25) is 0 Å². The van der Waals surface area contributed by atoms with Gasteiger partial charge in [0.25, 0.3) is 0 Å². The second-order valence-corrected chi connectivity index (χ2v) is 5.71. The van der Waals surface area contributed by atoms with E-state index >= 15 is 0 Å². The Bertz CT molecular complexity index is 712. The highest BCUT2D eigenvalue weighted by Crippen LogP contribution is 2.33. The lowest BCUT2D eigenvalue weighted by Gasteiger charge is -2.19. The molecule has 0 bridgehead atoms. The number of imidazole rings is 1. The van der Waals surface area contributed by atoms with E-state index in [2.05, 4.69) is 15.0 Å². The molecule has 25 heavy (non-hydrogen) atoms. The summed E-state index contributed by atoms with van der Waals surface area (Å²) in [7, 11) is 1.46. The van der Waals surface area contributed by atoms with Crippen molar-refractivity contribution in [1.82, 2.24) is 19.5 Å². The lowest BCUT2D eigenvalue weighted by molar-refractivity contribution is -0.0809. The monoisotopic (exact) mass is 355 g/mol. The van der Waals surface area contributed by atoms with Gasteiger partial charge in [-0.3, -0.25) is 4.57 Å². The number of hydrogen-bond donors (Lipinski definition) is 4. The highest BCUT2D eigenvalue weighted by molar-refractivity contribution is 5.81. The third-order valence-corrected chi connectivity index (χ3v) is 4.05. The molecule has 2 aromatic heterocycles. The molecule has 2 aromatic rings. The number of aliphatic hydroxyl groups excluding tert-OH is 3. The average Bonchev–Trinajstić information content (AvgIpc) is 3.17. The van der Waals surface area contributed by atoms with Gasteiger partial charge in [-0.15, -0.1) is 0 Å². The lowest BCUT2D eigenvalue weighted by atomic mass is 10.1. The third kappa shape index (κ3) is 3.42. The molecule has 0 radical (unpaired) electrons. The first-order valence-electron chi connectivity index (χ1n) is 7.72. The summed E-state index contributed by atoms with van der Waals surface area (Å²) in [4.78, 5) is 12.2. The van der Waals surface area contributed by atoms with E-state index in [1.54, 1.807) is 4.57 Å². The first-order valence-corrected chi connectivity index (χ1v) is 7.72. The van der Waals surface area contributed by atoms with Crippen molar-refractivity contribution in [2.24, 2.45) is 0 Å². The molecule has 5 atom stereocenters. The Kier molecular flexibility index (Phi) is 5.42. The van der Waals surface area contributed by atoms with Crippen molar-refractivity contribution in [3.05, 3.63) is 12.7 Å². The minimum absolute atomic E-state index is 0.0261. The average molecular weight is 355 g/mol. The number of ether oxygens (including phenoxy) is 3. The molecule has 0 saturated carbocycles. The topological polar surface area (TPSA) is 158 Å². The first kappa shape index (κ1) is 17.9. The summed E-state index contributed by atoms with van der Waals surface area (Å²) in [6.07, 6.45) is -1.17. The van der Waals surface area contributed by atoms with Gasteiger partial charge in [-0.1, -0.05) is 0 Å². The minimum Gasteiger partial charge on any atom is -0.394 e. The predicted molar refractivity (Wildman–Crippen MR) is 84.4 cm³/mol. The van der Waals surface area contributed by atoms with Gasteiger partial charge in [0.15, 0.2) is 17.7 Å². The van der Waals surface area contributed by atoms with Gasteiger partial charge in [-0.2, -0.15) is 0 Å². The van der Waals surface area contributed by atoms with E-state index in [1.807, 2.05) is 0 Å². The summed E-state index contributed by atoms with van der Waals surface area (Å²) in [5.41, 5.74) is 6.68. The number of anilines is 1. The highest BCUT2D eigenvalue weighted by Gasteiger charge is 2.45. The Morgan fingerprint density at radius 2 is 2.20 bits per heavy atom. The summed E-state index contributed by atoms with van der Waals surface area (Å²) >= 11 is 0. The first-order chi connectivity index (χ1) is 12.1. The van der Waals surface area contributed by atoms with E-state index in [0.29, 0.717) is 11.2 Å². The molecule has 138 valence electrons. The summed E-state index contributed by atoms with van der Waals surface area (Å²) in [6.45, 7) is -0.443. The molecule has 0 aromatic carbocycles. The van der Waals surface area contributed by atoms with Crippen molar-refractivity contribution in [1.29, 1.82) is 0 Å². The van der Waals surface area contributed by atoms with Crippen LogP contribution in [0.15, 0.2) is 12.7 Å². The van der Waals surface area contributed by atoms with Crippen LogP contribution in [0.4, 0.5) is 5.82 Å². The molecular weight excluding hydrogens is 334 g/mol. The number of methoxy groups -OCH3 is 1. The van der Waals surface area contributed by atoms with Gasteiger partial charge < -0.3 is 35.3 Å². The SMILES string of the molecule is CO[C@@H]1[C@H](O)[C@@H](COCC(O)CO)O[C@H]1n1cnc2c(N)ncnc21. The predicted octanol–water partition coefficient (Wildman–Crippen LogP) is -1.95. The van der Waals surface area contributed by atoms with Gasteiger partial charge >= 0.3 is 0 Å². The number of nitrogens with two attached hydrogens (primary N) is 1. The van der Waals surface area contributed by atoms with Crippen LogP contribution >= 0.6 is 0 Å². The Morgan fingerprint density at radius 1 is 1.40 bits per heavy atom. The largest absolute Gasteiger partial charge is 0.394 e. The zero-order valence-electron chi connectivity index (χ0n) is 13.6. The van der Waals surface area contributed by atoms with Gasteiger partial charge in [-0.05, 0) is 0 Å². The zero-order valence-corrected chi connectivity index (χ0v) is 13.6. The van der Waals surface area contributed by atoms with Gasteiger partial charge in [0, 0.05) is 7.11 Å². The van der Waals surface area contributed by atoms with E-state index in [4.69, 9.17) is 25.1 Å². The highest BCUT2D eigenvalue weighted by atomic mass is 16.6. The molecule has 1 aliphatic heterocycles. The Balaban J connectivity index is 1.77. The van der Waals surface area contributed by atoms with Crippen molar-refractivity contribution in [3.8, 4) is 0 Å². The number of fused-ring (bicyclic) bond motifs is 1. The smallest absolute Gasteiger partial charge is 0.167 e. The maximum Gasteiger partial charge on any atom is 0.167 e. The van der Waals surface area contributed by atoms with Crippen LogP contribution < -0.4 is 5.73 Å². The van der Waals surface area contributed by atoms with E-state index in [9.17, 15) is 10.2 Å². The summed E-state index contributed by atoms with van der Waals surface area (Å²) in [5, 5.41) is 28.5. The molecule has 1 fully saturated rings. The summed E-state index contributed by atoms with van der Waals surface area (Å²) in [5.74, 6) is 0.245. The quantitative estimate of drug-likeness (QED) is 0.440. The number of nitrogen functional groups attached to an aromatic ring is 1. The van der Waals surface area contributed by atoms with Gasteiger partial charge in [0.1, 0.15) is 36.3 Å². The second kappa shape index (κ2) is 7.56. The molecular formula is C14H21N5O6. The number of aliphatic hydroxyl groups is 3. The molecule has 1 aliphatic rings. The van der Waals surface area contributed by atoms with E-state index < -0.39 is 37.3 Å². The number of aromatic nitrogens is 4. The van der Waals surface area contributed by atoms with Crippen LogP contribution in [-0.4, -0.2) is 86.2 Å². The normalized spacial score (nSPS) is 27.8. The fourth-order valence-corrected chi connectivity index (χ4v) is 2.76. The van der Waals surface area contributed by atoms with Crippen molar-refractivity contribution in [3.63, 3.8) is 0 Å². The van der Waals surface area contributed by atoms with Crippen LogP contribution in [0, 0.1) is 0 Å². The van der Waals surface area contributed by atoms with Crippen LogP contribution in [0.2, 0.25) is 0 Å². The van der Waals surface area contributed by atoms with Crippen LogP contribution in [0.3, 0.4) is 0 Å². The molecule has 11 heteroatoms. The number of nitrogens with zero attached hydrogens (tertiary/aromatic N) is 4. The third-order valence-electron chi connectivity index (χ3n) is 4.05. The van der Waals surface area contributed by atoms with Crippen molar-refractivity contribution in [2.45, 2.75) is 30.6 Å². The Morgan fingerprint density at radius 3 is 2.92 bits per heavy atom. The van der Waals surface area contributed by atoms with Crippen molar-refractivity contribution < 1.29 is 29.5 Å². The van der Waals surface area contributed by atoms with Crippen LogP contribution in [0.5, 0.6) is 0 Å². The van der Waals surface area contributed by atoms with Crippen molar-refractivity contribution >= 4 is 17.0 Å². The Labute approximate surface area is 143 Å².